The molecule has 0 aliphatic carbocycles. The molecule has 5 rings (SSSR count). The Morgan fingerprint density at radius 3 is 2.49 bits per heavy atom. The predicted molar refractivity (Wildman–Crippen MR) is 143 cm³/mol. The molecule has 2 heterocycles. The van der Waals surface area contributed by atoms with E-state index < -0.39 is 10.8 Å². The number of anilines is 1. The topological polar surface area (TPSA) is 128 Å². The number of benzene rings is 3. The number of halogens is 1. The molecular weight excluding hydrogens is 516 g/mol. The number of carbonyl (C=O) groups excluding carboxylic acids is 1. The van der Waals surface area contributed by atoms with Gasteiger partial charge in [-0.05, 0) is 61.6 Å². The maximum atomic E-state index is 12.7. The number of amides is 1. The molecule has 3 aromatic carbocycles. The van der Waals surface area contributed by atoms with Crippen LogP contribution in [0.3, 0.4) is 0 Å². The lowest BCUT2D eigenvalue weighted by Crippen LogP contribution is -2.33. The van der Waals surface area contributed by atoms with Crippen molar-refractivity contribution < 1.29 is 14.1 Å². The Morgan fingerprint density at radius 1 is 1.05 bits per heavy atom. The highest BCUT2D eigenvalue weighted by Crippen LogP contribution is 2.31. The van der Waals surface area contributed by atoms with Crippen molar-refractivity contribution in [1.82, 2.24) is 20.3 Å². The average molecular weight is 533 g/mol. The zero-order valence-electron chi connectivity index (χ0n) is 19.1. The first-order valence-corrected chi connectivity index (χ1v) is 11.7. The second-order valence-corrected chi connectivity index (χ2v) is 8.81. The number of thiocarbonyl (C=S) groups is 1. The largest absolute Gasteiger partial charge is 0.451 e. The fourth-order valence-corrected chi connectivity index (χ4v) is 4.00. The van der Waals surface area contributed by atoms with E-state index in [0.717, 1.165) is 11.3 Å². The van der Waals surface area contributed by atoms with Gasteiger partial charge in [-0.25, -0.2) is 0 Å². The molecule has 37 heavy (non-hydrogen) atoms. The van der Waals surface area contributed by atoms with Crippen LogP contribution in [0.4, 0.5) is 11.4 Å². The highest BCUT2D eigenvalue weighted by molar-refractivity contribution is 7.80. The van der Waals surface area contributed by atoms with Gasteiger partial charge in [0, 0.05) is 6.07 Å². The quantitative estimate of drug-likeness (QED) is 0.168. The summed E-state index contributed by atoms with van der Waals surface area (Å²) in [6.07, 6.45) is 0. The molecule has 0 unspecified atom stereocenters. The summed E-state index contributed by atoms with van der Waals surface area (Å²) in [5, 5.41) is 25.9. The summed E-state index contributed by atoms with van der Waals surface area (Å²) in [4.78, 5) is 24.9. The molecule has 0 spiro atoms. The molecular formula is C25H17ClN6O4S. The first-order valence-electron chi connectivity index (χ1n) is 10.9. The standard InChI is InChI=1S/C25H17ClN6O4S/c1-14-6-8-15(9-7-14)31-29-19-12-17(26)18(13-20(19)30-31)27-25(37)28-24(33)23-11-10-22(36-23)16-4-2-3-5-21(16)32(34)35/h2-13H,1H3,(H2,27,28,33,37). The minimum atomic E-state index is -0.634. The molecule has 2 N–H and O–H groups in total. The number of nitro groups is 1. The molecule has 10 nitrogen and oxygen atoms in total. The van der Waals surface area contributed by atoms with Gasteiger partial charge in [0.15, 0.2) is 10.9 Å². The highest BCUT2D eigenvalue weighted by atomic mass is 35.5. The molecule has 0 atom stereocenters. The van der Waals surface area contributed by atoms with Gasteiger partial charge in [0.05, 0.1) is 26.9 Å². The number of carbonyl (C=O) groups is 1. The van der Waals surface area contributed by atoms with Gasteiger partial charge < -0.3 is 9.73 Å². The number of nitrogens with zero attached hydrogens (tertiary/aromatic N) is 4. The van der Waals surface area contributed by atoms with Crippen LogP contribution in [0.1, 0.15) is 16.1 Å². The number of nitrogens with one attached hydrogen (secondary N) is 2. The van der Waals surface area contributed by atoms with E-state index >= 15 is 0 Å². The van der Waals surface area contributed by atoms with Gasteiger partial charge in [-0.15, -0.1) is 10.2 Å². The van der Waals surface area contributed by atoms with Crippen molar-refractivity contribution in [3.8, 4) is 17.0 Å². The molecule has 2 aromatic heterocycles. The molecule has 0 saturated carbocycles. The van der Waals surface area contributed by atoms with Crippen LogP contribution < -0.4 is 10.6 Å². The van der Waals surface area contributed by atoms with Gasteiger partial charge in [0.25, 0.3) is 11.6 Å². The molecule has 0 saturated heterocycles. The average Bonchev–Trinajstić information content (AvgIpc) is 3.52. The van der Waals surface area contributed by atoms with E-state index in [-0.39, 0.29) is 27.9 Å². The Morgan fingerprint density at radius 2 is 1.76 bits per heavy atom. The van der Waals surface area contributed by atoms with Crippen LogP contribution in [0, 0.1) is 17.0 Å². The number of hydrogen-bond donors (Lipinski definition) is 2. The minimum absolute atomic E-state index is 0.0270. The van der Waals surface area contributed by atoms with E-state index in [4.69, 9.17) is 28.2 Å². The van der Waals surface area contributed by atoms with Crippen molar-refractivity contribution in [3.05, 3.63) is 99.3 Å². The van der Waals surface area contributed by atoms with Crippen molar-refractivity contribution >= 4 is 57.2 Å². The van der Waals surface area contributed by atoms with Crippen molar-refractivity contribution in [2.75, 3.05) is 5.32 Å². The fourth-order valence-electron chi connectivity index (χ4n) is 3.59. The Kier molecular flexibility index (Phi) is 6.38. The summed E-state index contributed by atoms with van der Waals surface area (Å²) < 4.78 is 5.56. The van der Waals surface area contributed by atoms with Crippen molar-refractivity contribution in [2.45, 2.75) is 6.92 Å². The van der Waals surface area contributed by atoms with Crippen LogP contribution in [0.5, 0.6) is 0 Å². The first kappa shape index (κ1) is 24.1. The van der Waals surface area contributed by atoms with E-state index in [9.17, 15) is 14.9 Å². The van der Waals surface area contributed by atoms with Gasteiger partial charge in [-0.2, -0.15) is 4.80 Å². The van der Waals surface area contributed by atoms with E-state index in [1.807, 2.05) is 31.2 Å². The summed E-state index contributed by atoms with van der Waals surface area (Å²) >= 11 is 11.7. The maximum absolute atomic E-state index is 12.7. The Balaban J connectivity index is 1.30. The molecule has 0 fully saturated rings. The molecule has 0 aliphatic heterocycles. The van der Waals surface area contributed by atoms with Gasteiger partial charge in [0.2, 0.25) is 0 Å². The van der Waals surface area contributed by atoms with Gasteiger partial charge in [0.1, 0.15) is 16.8 Å². The van der Waals surface area contributed by atoms with Crippen LogP contribution in [-0.2, 0) is 0 Å². The van der Waals surface area contributed by atoms with E-state index in [1.54, 1.807) is 24.3 Å². The van der Waals surface area contributed by atoms with Crippen molar-refractivity contribution in [3.63, 3.8) is 0 Å². The first-order chi connectivity index (χ1) is 17.8. The molecule has 5 aromatic rings. The summed E-state index contributed by atoms with van der Waals surface area (Å²) in [6, 6.07) is 20.1. The summed E-state index contributed by atoms with van der Waals surface area (Å²) in [7, 11) is 0. The lowest BCUT2D eigenvalue weighted by atomic mass is 10.1. The zero-order chi connectivity index (χ0) is 26.1. The van der Waals surface area contributed by atoms with Crippen molar-refractivity contribution in [1.29, 1.82) is 0 Å². The number of para-hydroxylation sites is 1. The Hall–Kier alpha value is -4.61. The third-order valence-corrected chi connectivity index (χ3v) is 5.92. The zero-order valence-corrected chi connectivity index (χ0v) is 20.7. The lowest BCUT2D eigenvalue weighted by molar-refractivity contribution is -0.384. The minimum Gasteiger partial charge on any atom is -0.451 e. The molecule has 1 amide bonds. The molecule has 0 radical (unpaired) electrons. The van der Waals surface area contributed by atoms with Gasteiger partial charge in [-0.1, -0.05) is 41.4 Å². The monoisotopic (exact) mass is 532 g/mol. The number of hydrogen-bond acceptors (Lipinski definition) is 7. The number of rotatable bonds is 5. The third kappa shape index (κ3) is 5.03. The van der Waals surface area contributed by atoms with Crippen LogP contribution in [0.2, 0.25) is 5.02 Å². The second kappa shape index (κ2) is 9.80. The number of aromatic nitrogens is 3. The highest BCUT2D eigenvalue weighted by Gasteiger charge is 2.20. The van der Waals surface area contributed by atoms with Gasteiger partial charge >= 0.3 is 0 Å². The second-order valence-electron chi connectivity index (χ2n) is 7.99. The van der Waals surface area contributed by atoms with E-state index in [1.165, 1.54) is 29.1 Å². The van der Waals surface area contributed by atoms with Crippen LogP contribution in [-0.4, -0.2) is 30.9 Å². The summed E-state index contributed by atoms with van der Waals surface area (Å²) in [5.41, 5.74) is 3.63. The third-order valence-electron chi connectivity index (χ3n) is 5.41. The van der Waals surface area contributed by atoms with E-state index in [2.05, 4.69) is 20.8 Å². The molecule has 0 bridgehead atoms. The Bertz CT molecular complexity index is 1680. The fraction of sp³-hybridized carbons (Fsp3) is 0.0400. The SMILES string of the molecule is Cc1ccc(-n2nc3cc(Cl)c(NC(=S)NC(=O)c4ccc(-c5ccccc5[N+](=O)[O-])o4)cc3n2)cc1. The normalized spacial score (nSPS) is 10.9. The van der Waals surface area contributed by atoms with Crippen LogP contribution in [0.15, 0.2) is 77.2 Å². The number of furan rings is 1. The predicted octanol–water partition coefficient (Wildman–Crippen LogP) is 5.68. The lowest BCUT2D eigenvalue weighted by Gasteiger charge is -2.10. The number of aryl methyl sites for hydroxylation is 1. The van der Waals surface area contributed by atoms with Crippen molar-refractivity contribution in [2.24, 2.45) is 0 Å². The summed E-state index contributed by atoms with van der Waals surface area (Å²) in [5.74, 6) is -0.522. The number of nitro benzene ring substituents is 1. The Labute approximate surface area is 220 Å². The molecule has 0 aliphatic rings. The van der Waals surface area contributed by atoms with Gasteiger partial charge in [-0.3, -0.25) is 20.2 Å². The van der Waals surface area contributed by atoms with Crippen LogP contribution >= 0.6 is 23.8 Å². The number of fused-ring (bicyclic) bond motifs is 1. The maximum Gasteiger partial charge on any atom is 0.293 e. The van der Waals surface area contributed by atoms with Crippen LogP contribution in [0.25, 0.3) is 28.0 Å². The molecule has 12 heteroatoms. The summed E-state index contributed by atoms with van der Waals surface area (Å²) in [6.45, 7) is 2.00. The van der Waals surface area contributed by atoms with E-state index in [0.29, 0.717) is 21.7 Å². The molecule has 184 valence electrons. The smallest absolute Gasteiger partial charge is 0.293 e.